The maximum absolute atomic E-state index is 9.11. The Labute approximate surface area is 118 Å². The van der Waals surface area contributed by atoms with Crippen LogP contribution < -0.4 is 0 Å². The van der Waals surface area contributed by atoms with Gasteiger partial charge in [0.25, 0.3) is 0 Å². The Morgan fingerprint density at radius 2 is 1.89 bits per heavy atom. The molecule has 5 heteroatoms. The highest BCUT2D eigenvalue weighted by Crippen LogP contribution is 2.21. The topological polar surface area (TPSA) is 58.9 Å². The number of rotatable bonds is 2. The molecule has 0 radical (unpaired) electrons. The second-order valence-electron chi connectivity index (χ2n) is 4.07. The fourth-order valence-corrected chi connectivity index (χ4v) is 2.18. The van der Waals surface area contributed by atoms with Gasteiger partial charge in [0.05, 0.1) is 29.2 Å². The number of nitrogens with zero attached hydrogens (tertiary/aromatic N) is 3. The number of pyridine rings is 3. The molecule has 0 aliphatic heterocycles. The average Bonchev–Trinajstić information content (AvgIpc) is 2.46. The lowest BCUT2D eigenvalue weighted by molar-refractivity contribution is 0.277. The summed E-state index contributed by atoms with van der Waals surface area (Å²) in [5, 5.41) is 10.1. The van der Waals surface area contributed by atoms with Crippen molar-refractivity contribution >= 4 is 26.8 Å². The minimum absolute atomic E-state index is 0.0863. The number of halogens is 1. The molecule has 0 fully saturated rings. The lowest BCUT2D eigenvalue weighted by Crippen LogP contribution is -1.92. The minimum atomic E-state index is -0.0863. The van der Waals surface area contributed by atoms with Crippen molar-refractivity contribution in [2.45, 2.75) is 6.61 Å². The molecule has 0 atom stereocenters. The summed E-state index contributed by atoms with van der Waals surface area (Å²) >= 11 is 3.35. The normalized spacial score (nSPS) is 10.8. The van der Waals surface area contributed by atoms with Crippen molar-refractivity contribution in [3.05, 3.63) is 52.9 Å². The predicted molar refractivity (Wildman–Crippen MR) is 76.4 cm³/mol. The van der Waals surface area contributed by atoms with Crippen LogP contribution in [0.1, 0.15) is 5.69 Å². The number of fused-ring (bicyclic) bond motifs is 1. The van der Waals surface area contributed by atoms with Gasteiger partial charge in [-0.05, 0) is 46.3 Å². The second-order valence-corrected chi connectivity index (χ2v) is 4.88. The van der Waals surface area contributed by atoms with E-state index in [-0.39, 0.29) is 6.61 Å². The van der Waals surface area contributed by atoms with Crippen molar-refractivity contribution < 1.29 is 5.11 Å². The smallest absolute Gasteiger partial charge is 0.106 e. The highest BCUT2D eigenvalue weighted by atomic mass is 79.9. The molecule has 4 nitrogen and oxygen atoms in total. The van der Waals surface area contributed by atoms with Gasteiger partial charge in [0.2, 0.25) is 0 Å². The Balaban J connectivity index is 2.15. The van der Waals surface area contributed by atoms with Gasteiger partial charge in [-0.1, -0.05) is 6.07 Å². The molecular weight excluding hydrogens is 306 g/mol. The monoisotopic (exact) mass is 315 g/mol. The van der Waals surface area contributed by atoms with E-state index in [1.807, 2.05) is 30.3 Å². The van der Waals surface area contributed by atoms with Crippen molar-refractivity contribution in [3.63, 3.8) is 0 Å². The Morgan fingerprint density at radius 1 is 1.05 bits per heavy atom. The van der Waals surface area contributed by atoms with Crippen LogP contribution in [0.2, 0.25) is 0 Å². The van der Waals surface area contributed by atoms with Gasteiger partial charge in [0.1, 0.15) is 4.60 Å². The highest BCUT2D eigenvalue weighted by molar-refractivity contribution is 9.10. The summed E-state index contributed by atoms with van der Waals surface area (Å²) in [5.74, 6) is 0. The predicted octanol–water partition coefficient (Wildman–Crippen LogP) is 2.95. The van der Waals surface area contributed by atoms with Crippen LogP contribution in [-0.4, -0.2) is 20.1 Å². The number of aliphatic hydroxyl groups is 1. The average molecular weight is 316 g/mol. The van der Waals surface area contributed by atoms with Crippen LogP contribution >= 0.6 is 15.9 Å². The first-order valence-electron chi connectivity index (χ1n) is 5.76. The first-order chi connectivity index (χ1) is 9.26. The van der Waals surface area contributed by atoms with E-state index in [0.29, 0.717) is 5.69 Å². The molecule has 3 rings (SSSR count). The van der Waals surface area contributed by atoms with Gasteiger partial charge in [-0.25, -0.2) is 9.97 Å². The Kier molecular flexibility index (Phi) is 3.23. The van der Waals surface area contributed by atoms with E-state index < -0.39 is 0 Å². The van der Waals surface area contributed by atoms with E-state index in [4.69, 9.17) is 5.11 Å². The fourth-order valence-electron chi connectivity index (χ4n) is 1.84. The maximum atomic E-state index is 9.11. The van der Waals surface area contributed by atoms with E-state index >= 15 is 0 Å². The molecule has 0 spiro atoms. The van der Waals surface area contributed by atoms with Gasteiger partial charge in [0.15, 0.2) is 0 Å². The van der Waals surface area contributed by atoms with Crippen LogP contribution in [0.5, 0.6) is 0 Å². The van der Waals surface area contributed by atoms with Crippen molar-refractivity contribution in [2.75, 3.05) is 0 Å². The quantitative estimate of drug-likeness (QED) is 0.739. The highest BCUT2D eigenvalue weighted by Gasteiger charge is 2.04. The SMILES string of the molecule is OCc1cc2nc(-c3cccc(Br)n3)ccc2cn1. The van der Waals surface area contributed by atoms with Crippen molar-refractivity contribution in [1.82, 2.24) is 15.0 Å². The third kappa shape index (κ3) is 2.47. The van der Waals surface area contributed by atoms with Crippen LogP contribution in [0, 0.1) is 0 Å². The van der Waals surface area contributed by atoms with Gasteiger partial charge in [-0.2, -0.15) is 0 Å². The Bertz CT molecular complexity index is 746. The zero-order valence-electron chi connectivity index (χ0n) is 9.92. The minimum Gasteiger partial charge on any atom is -0.390 e. The van der Waals surface area contributed by atoms with Gasteiger partial charge < -0.3 is 5.11 Å². The molecule has 0 aromatic carbocycles. The van der Waals surface area contributed by atoms with Crippen LogP contribution in [-0.2, 0) is 6.61 Å². The lowest BCUT2D eigenvalue weighted by Gasteiger charge is -2.04. The molecule has 19 heavy (non-hydrogen) atoms. The third-order valence-electron chi connectivity index (χ3n) is 2.77. The zero-order valence-corrected chi connectivity index (χ0v) is 11.5. The molecule has 94 valence electrons. The van der Waals surface area contributed by atoms with Crippen LogP contribution in [0.3, 0.4) is 0 Å². The number of hydrogen-bond acceptors (Lipinski definition) is 4. The van der Waals surface area contributed by atoms with Gasteiger partial charge in [-0.15, -0.1) is 0 Å². The molecule has 1 N–H and O–H groups in total. The van der Waals surface area contributed by atoms with Crippen LogP contribution in [0.4, 0.5) is 0 Å². The van der Waals surface area contributed by atoms with Crippen molar-refractivity contribution in [2.24, 2.45) is 0 Å². The largest absolute Gasteiger partial charge is 0.390 e. The van der Waals surface area contributed by atoms with E-state index in [9.17, 15) is 0 Å². The fraction of sp³-hybridized carbons (Fsp3) is 0.0714. The summed E-state index contributed by atoms with van der Waals surface area (Å²) in [5.41, 5.74) is 3.01. The molecule has 0 bridgehead atoms. The molecule has 3 heterocycles. The van der Waals surface area contributed by atoms with Gasteiger partial charge in [0, 0.05) is 11.6 Å². The molecule has 3 aromatic rings. The van der Waals surface area contributed by atoms with E-state index in [0.717, 1.165) is 26.9 Å². The first-order valence-corrected chi connectivity index (χ1v) is 6.55. The van der Waals surface area contributed by atoms with Gasteiger partial charge >= 0.3 is 0 Å². The van der Waals surface area contributed by atoms with Crippen molar-refractivity contribution in [1.29, 1.82) is 0 Å². The van der Waals surface area contributed by atoms with Gasteiger partial charge in [-0.3, -0.25) is 4.98 Å². The van der Waals surface area contributed by atoms with Crippen LogP contribution in [0.15, 0.2) is 47.2 Å². The standard InChI is InChI=1S/C14H10BrN3O/c15-14-3-1-2-11(18-14)12-5-4-9-7-16-10(8-19)6-13(9)17-12/h1-7,19H,8H2. The molecule has 0 saturated carbocycles. The summed E-state index contributed by atoms with van der Waals surface area (Å²) in [6.45, 7) is -0.0863. The number of aliphatic hydroxyl groups excluding tert-OH is 1. The molecule has 0 saturated heterocycles. The summed E-state index contributed by atoms with van der Waals surface area (Å²) in [6, 6.07) is 11.4. The molecule has 0 amide bonds. The summed E-state index contributed by atoms with van der Waals surface area (Å²) in [7, 11) is 0. The Hall–Kier alpha value is -1.85. The van der Waals surface area contributed by atoms with E-state index in [1.165, 1.54) is 0 Å². The third-order valence-corrected chi connectivity index (χ3v) is 3.21. The second kappa shape index (κ2) is 5.03. The molecule has 0 aliphatic carbocycles. The van der Waals surface area contributed by atoms with E-state index in [1.54, 1.807) is 12.3 Å². The lowest BCUT2D eigenvalue weighted by atomic mass is 10.2. The molecule has 0 aliphatic rings. The molecule has 3 aromatic heterocycles. The van der Waals surface area contributed by atoms with Crippen molar-refractivity contribution in [3.8, 4) is 11.4 Å². The number of aromatic nitrogens is 3. The summed E-state index contributed by atoms with van der Waals surface area (Å²) < 4.78 is 0.776. The maximum Gasteiger partial charge on any atom is 0.106 e. The molecular formula is C14H10BrN3O. The van der Waals surface area contributed by atoms with Crippen LogP contribution in [0.25, 0.3) is 22.3 Å². The summed E-state index contributed by atoms with van der Waals surface area (Å²) in [4.78, 5) is 13.1. The zero-order chi connectivity index (χ0) is 13.2. The number of hydrogen-bond donors (Lipinski definition) is 1. The molecule has 0 unspecified atom stereocenters. The van der Waals surface area contributed by atoms with E-state index in [2.05, 4.69) is 30.9 Å². The summed E-state index contributed by atoms with van der Waals surface area (Å²) in [6.07, 6.45) is 1.71. The first kappa shape index (κ1) is 12.2. The Morgan fingerprint density at radius 3 is 2.68 bits per heavy atom.